The number of aromatic hydroxyl groups is 1. The van der Waals surface area contributed by atoms with E-state index in [1.165, 1.54) is 36.8 Å². The second-order valence-electron chi connectivity index (χ2n) is 7.54. The van der Waals surface area contributed by atoms with Gasteiger partial charge in [0.1, 0.15) is 11.5 Å². The standard InChI is InChI=1S/C19H25NO2/c1-13(21)12-20-9-8-19-7-3-2-4-16(19)18(20)10-14-5-6-15(22)11-17(14)19/h5-6,11,16,18,22H,2-4,7-10,12H2,1H3/t16-,18+,19+/m0/s1. The molecule has 1 saturated heterocycles. The van der Waals surface area contributed by atoms with Crippen LogP contribution in [-0.2, 0) is 16.6 Å². The molecule has 1 heterocycles. The molecule has 3 heteroatoms. The molecule has 22 heavy (non-hydrogen) atoms. The van der Waals surface area contributed by atoms with E-state index in [1.54, 1.807) is 6.92 Å². The number of phenols is 1. The van der Waals surface area contributed by atoms with Crippen LogP contribution in [0.15, 0.2) is 18.2 Å². The van der Waals surface area contributed by atoms with Crippen molar-refractivity contribution in [1.29, 1.82) is 0 Å². The normalized spacial score (nSPS) is 33.9. The minimum Gasteiger partial charge on any atom is -0.508 e. The van der Waals surface area contributed by atoms with E-state index < -0.39 is 0 Å². The fourth-order valence-electron chi connectivity index (χ4n) is 5.55. The Balaban J connectivity index is 1.80. The summed E-state index contributed by atoms with van der Waals surface area (Å²) in [4.78, 5) is 14.1. The maximum absolute atomic E-state index is 11.6. The maximum atomic E-state index is 11.6. The quantitative estimate of drug-likeness (QED) is 0.912. The van der Waals surface area contributed by atoms with Crippen molar-refractivity contribution in [2.24, 2.45) is 5.92 Å². The lowest BCUT2D eigenvalue weighted by molar-refractivity contribution is -0.120. The molecule has 3 nitrogen and oxygen atoms in total. The first-order chi connectivity index (χ1) is 10.6. The van der Waals surface area contributed by atoms with E-state index in [0.717, 1.165) is 19.4 Å². The van der Waals surface area contributed by atoms with Crippen LogP contribution in [0.5, 0.6) is 5.75 Å². The predicted molar refractivity (Wildman–Crippen MR) is 86.1 cm³/mol. The van der Waals surface area contributed by atoms with E-state index in [-0.39, 0.29) is 11.2 Å². The van der Waals surface area contributed by atoms with Crippen LogP contribution in [0.1, 0.15) is 50.2 Å². The topological polar surface area (TPSA) is 40.5 Å². The third-order valence-electron chi connectivity index (χ3n) is 6.36. The SMILES string of the molecule is CC(=O)CN1CC[C@]23CCCC[C@H]2[C@H]1Cc1ccc(O)cc13. The van der Waals surface area contributed by atoms with Gasteiger partial charge in [0, 0.05) is 11.5 Å². The summed E-state index contributed by atoms with van der Waals surface area (Å²) in [6.07, 6.45) is 7.30. The van der Waals surface area contributed by atoms with Gasteiger partial charge in [-0.15, -0.1) is 0 Å². The van der Waals surface area contributed by atoms with E-state index in [9.17, 15) is 9.90 Å². The molecule has 0 spiro atoms. The van der Waals surface area contributed by atoms with Gasteiger partial charge in [0.15, 0.2) is 0 Å². The van der Waals surface area contributed by atoms with Gasteiger partial charge in [-0.05, 0) is 68.3 Å². The summed E-state index contributed by atoms with van der Waals surface area (Å²) >= 11 is 0. The van der Waals surface area contributed by atoms with Gasteiger partial charge in [-0.3, -0.25) is 9.69 Å². The number of likely N-dealkylation sites (tertiary alicyclic amines) is 1. The zero-order valence-electron chi connectivity index (χ0n) is 13.3. The Morgan fingerprint density at radius 3 is 3.05 bits per heavy atom. The highest BCUT2D eigenvalue weighted by Gasteiger charge is 2.53. The highest BCUT2D eigenvalue weighted by Crippen LogP contribution is 2.56. The van der Waals surface area contributed by atoms with Crippen molar-refractivity contribution in [2.45, 2.75) is 56.9 Å². The van der Waals surface area contributed by atoms with Gasteiger partial charge >= 0.3 is 0 Å². The maximum Gasteiger partial charge on any atom is 0.143 e. The minimum absolute atomic E-state index is 0.253. The molecule has 0 aromatic heterocycles. The van der Waals surface area contributed by atoms with Gasteiger partial charge in [0.25, 0.3) is 0 Å². The van der Waals surface area contributed by atoms with Crippen LogP contribution in [0.3, 0.4) is 0 Å². The smallest absolute Gasteiger partial charge is 0.143 e. The molecule has 0 unspecified atom stereocenters. The van der Waals surface area contributed by atoms with Crippen LogP contribution in [0, 0.1) is 5.92 Å². The average Bonchev–Trinajstić information content (AvgIpc) is 2.50. The van der Waals surface area contributed by atoms with Gasteiger partial charge in [-0.25, -0.2) is 0 Å². The molecular weight excluding hydrogens is 274 g/mol. The number of rotatable bonds is 2. The molecule has 1 N–H and O–H groups in total. The van der Waals surface area contributed by atoms with E-state index in [4.69, 9.17) is 0 Å². The molecule has 3 atom stereocenters. The van der Waals surface area contributed by atoms with Gasteiger partial charge in [-0.1, -0.05) is 18.9 Å². The number of nitrogens with zero attached hydrogens (tertiary/aromatic N) is 1. The highest BCUT2D eigenvalue weighted by atomic mass is 16.3. The van der Waals surface area contributed by atoms with Crippen molar-refractivity contribution in [3.63, 3.8) is 0 Å². The van der Waals surface area contributed by atoms with Crippen LogP contribution in [0.25, 0.3) is 0 Å². The molecule has 1 aromatic rings. The summed E-state index contributed by atoms with van der Waals surface area (Å²) in [6.45, 7) is 3.33. The summed E-state index contributed by atoms with van der Waals surface area (Å²) in [5.74, 6) is 1.34. The Hall–Kier alpha value is -1.35. The number of Topliss-reactive ketones (excluding diaryl/α,β-unsaturated/α-hetero) is 1. The predicted octanol–water partition coefficient (Wildman–Crippen LogP) is 3.04. The molecule has 1 aliphatic heterocycles. The average molecular weight is 299 g/mol. The number of piperidine rings is 1. The van der Waals surface area contributed by atoms with Gasteiger partial charge < -0.3 is 5.11 Å². The van der Waals surface area contributed by atoms with Crippen molar-refractivity contribution in [1.82, 2.24) is 4.90 Å². The second kappa shape index (κ2) is 5.09. The Kier molecular flexibility index (Phi) is 3.30. The number of ketones is 1. The molecule has 0 radical (unpaired) electrons. The molecule has 3 aliphatic rings. The van der Waals surface area contributed by atoms with Crippen molar-refractivity contribution in [3.8, 4) is 5.75 Å². The Bertz CT molecular complexity index is 611. The van der Waals surface area contributed by atoms with E-state index in [0.29, 0.717) is 24.3 Å². The molecule has 0 amide bonds. The van der Waals surface area contributed by atoms with Crippen LogP contribution < -0.4 is 0 Å². The third-order valence-corrected chi connectivity index (χ3v) is 6.36. The minimum atomic E-state index is 0.253. The largest absolute Gasteiger partial charge is 0.508 e. The molecule has 2 bridgehead atoms. The van der Waals surface area contributed by atoms with Crippen LogP contribution in [0.4, 0.5) is 0 Å². The fourth-order valence-corrected chi connectivity index (χ4v) is 5.55. The lowest BCUT2D eigenvalue weighted by atomic mass is 9.52. The lowest BCUT2D eigenvalue weighted by Gasteiger charge is -2.59. The lowest BCUT2D eigenvalue weighted by Crippen LogP contribution is -2.61. The van der Waals surface area contributed by atoms with Crippen LogP contribution in [-0.4, -0.2) is 34.9 Å². The zero-order chi connectivity index (χ0) is 15.3. The number of benzene rings is 1. The molecule has 118 valence electrons. The van der Waals surface area contributed by atoms with E-state index >= 15 is 0 Å². The van der Waals surface area contributed by atoms with E-state index in [1.807, 2.05) is 12.1 Å². The number of hydrogen-bond acceptors (Lipinski definition) is 3. The van der Waals surface area contributed by atoms with Gasteiger partial charge in [0.05, 0.1) is 6.54 Å². The fraction of sp³-hybridized carbons (Fsp3) is 0.632. The number of fused-ring (bicyclic) bond motifs is 1. The Morgan fingerprint density at radius 1 is 1.36 bits per heavy atom. The van der Waals surface area contributed by atoms with Crippen molar-refractivity contribution in [3.05, 3.63) is 29.3 Å². The van der Waals surface area contributed by atoms with E-state index in [2.05, 4.69) is 11.0 Å². The number of hydrogen-bond donors (Lipinski definition) is 1. The second-order valence-corrected chi connectivity index (χ2v) is 7.54. The third kappa shape index (κ3) is 2.02. The molecule has 2 aliphatic carbocycles. The molecule has 4 rings (SSSR count). The van der Waals surface area contributed by atoms with Gasteiger partial charge in [-0.2, -0.15) is 0 Å². The summed E-state index contributed by atoms with van der Waals surface area (Å²) in [5.41, 5.74) is 3.06. The monoisotopic (exact) mass is 299 g/mol. The Labute approximate surface area is 132 Å². The zero-order valence-corrected chi connectivity index (χ0v) is 13.3. The highest BCUT2D eigenvalue weighted by molar-refractivity contribution is 5.77. The summed E-state index contributed by atoms with van der Waals surface area (Å²) < 4.78 is 0. The number of carbonyl (C=O) groups excluding carboxylic acids is 1. The molecular formula is C19H25NO2. The number of carbonyl (C=O) groups is 1. The summed E-state index contributed by atoms with van der Waals surface area (Å²) in [5, 5.41) is 9.99. The summed E-state index contributed by atoms with van der Waals surface area (Å²) in [7, 11) is 0. The van der Waals surface area contributed by atoms with Crippen LogP contribution in [0.2, 0.25) is 0 Å². The summed E-state index contributed by atoms with van der Waals surface area (Å²) in [6, 6.07) is 6.48. The Morgan fingerprint density at radius 2 is 2.23 bits per heavy atom. The van der Waals surface area contributed by atoms with Gasteiger partial charge in [0.2, 0.25) is 0 Å². The molecule has 2 fully saturated rings. The van der Waals surface area contributed by atoms with Crippen LogP contribution >= 0.6 is 0 Å². The first-order valence-corrected chi connectivity index (χ1v) is 8.66. The van der Waals surface area contributed by atoms with Crippen molar-refractivity contribution in [2.75, 3.05) is 13.1 Å². The van der Waals surface area contributed by atoms with Crippen molar-refractivity contribution >= 4 is 5.78 Å². The number of phenolic OH excluding ortho intramolecular Hbond substituents is 1. The first kappa shape index (κ1) is 14.3. The van der Waals surface area contributed by atoms with Crippen molar-refractivity contribution < 1.29 is 9.90 Å². The molecule has 1 saturated carbocycles. The molecule has 1 aromatic carbocycles. The first-order valence-electron chi connectivity index (χ1n) is 8.66.